The molecule has 2 heterocycles. The van der Waals surface area contributed by atoms with E-state index in [0.29, 0.717) is 24.3 Å². The first-order valence-corrected chi connectivity index (χ1v) is 8.83. The van der Waals surface area contributed by atoms with Crippen molar-refractivity contribution in [1.29, 1.82) is 0 Å². The van der Waals surface area contributed by atoms with Crippen molar-refractivity contribution in [3.63, 3.8) is 0 Å². The van der Waals surface area contributed by atoms with Gasteiger partial charge in [-0.15, -0.1) is 0 Å². The number of aliphatic imine (C=N–C) groups is 1. The lowest BCUT2D eigenvalue weighted by atomic mass is 9.91. The van der Waals surface area contributed by atoms with Crippen LogP contribution in [-0.4, -0.2) is 36.2 Å². The van der Waals surface area contributed by atoms with Crippen LogP contribution in [0.3, 0.4) is 0 Å². The highest BCUT2D eigenvalue weighted by atomic mass is 16.5. The molecule has 2 saturated carbocycles. The molecule has 2 fully saturated rings. The number of anilines is 1. The van der Waals surface area contributed by atoms with Crippen molar-refractivity contribution in [3.8, 4) is 0 Å². The molecule has 3 aliphatic rings. The van der Waals surface area contributed by atoms with Crippen LogP contribution in [0, 0.1) is 11.8 Å². The van der Waals surface area contributed by atoms with Gasteiger partial charge in [0, 0.05) is 23.6 Å². The molecule has 0 spiro atoms. The van der Waals surface area contributed by atoms with E-state index < -0.39 is 5.41 Å². The average molecular weight is 331 g/mol. The van der Waals surface area contributed by atoms with Crippen LogP contribution in [-0.2, 0) is 10.2 Å². The second-order valence-corrected chi connectivity index (χ2v) is 7.73. The minimum Gasteiger partial charge on any atom is -0.477 e. The average Bonchev–Trinajstić information content (AvgIpc) is 3.51. The SMILES string of the molecule is CC(C)(CO)c1cc(N2CC=NC(C3CC3)=C2OCC2CC2)on1. The normalized spacial score (nSPS) is 21.5. The summed E-state index contributed by atoms with van der Waals surface area (Å²) in [5.74, 6) is 2.68. The third-order valence-corrected chi connectivity index (χ3v) is 4.93. The monoisotopic (exact) mass is 331 g/mol. The summed E-state index contributed by atoms with van der Waals surface area (Å²) in [6, 6.07) is 1.90. The zero-order chi connectivity index (χ0) is 16.7. The summed E-state index contributed by atoms with van der Waals surface area (Å²) < 4.78 is 11.7. The number of rotatable bonds is 7. The van der Waals surface area contributed by atoms with E-state index in [1.807, 2.05) is 31.0 Å². The van der Waals surface area contributed by atoms with Gasteiger partial charge in [-0.25, -0.2) is 0 Å². The molecule has 6 nitrogen and oxygen atoms in total. The van der Waals surface area contributed by atoms with E-state index in [9.17, 15) is 5.11 Å². The third kappa shape index (κ3) is 3.07. The minimum atomic E-state index is -0.427. The summed E-state index contributed by atoms with van der Waals surface area (Å²) in [7, 11) is 0. The molecule has 130 valence electrons. The fourth-order valence-electron chi connectivity index (χ4n) is 2.75. The predicted molar refractivity (Wildman–Crippen MR) is 90.9 cm³/mol. The minimum absolute atomic E-state index is 0.0225. The highest BCUT2D eigenvalue weighted by Crippen LogP contribution is 2.42. The number of nitrogens with zero attached hydrogens (tertiary/aromatic N) is 3. The molecule has 1 aliphatic heterocycles. The number of aliphatic hydroxyl groups is 1. The third-order valence-electron chi connectivity index (χ3n) is 4.93. The van der Waals surface area contributed by atoms with Gasteiger partial charge in [-0.1, -0.05) is 19.0 Å². The number of hydrogen-bond acceptors (Lipinski definition) is 6. The Balaban J connectivity index is 1.61. The van der Waals surface area contributed by atoms with Crippen molar-refractivity contribution >= 4 is 12.1 Å². The number of ether oxygens (including phenoxy) is 1. The van der Waals surface area contributed by atoms with Gasteiger partial charge in [0.1, 0.15) is 5.70 Å². The summed E-state index contributed by atoms with van der Waals surface area (Å²) in [6.45, 7) is 5.28. The lowest BCUT2D eigenvalue weighted by Crippen LogP contribution is -2.31. The molecule has 0 radical (unpaired) electrons. The maximum absolute atomic E-state index is 9.54. The first kappa shape index (κ1) is 15.7. The lowest BCUT2D eigenvalue weighted by Gasteiger charge is -2.27. The Bertz CT molecular complexity index is 669. The molecule has 0 saturated heterocycles. The van der Waals surface area contributed by atoms with Crippen molar-refractivity contribution in [2.24, 2.45) is 16.8 Å². The van der Waals surface area contributed by atoms with Gasteiger partial charge in [0.25, 0.3) is 0 Å². The standard InChI is InChI=1S/C18H25N3O3/c1-18(2,11-22)14-9-15(24-20-14)21-8-7-19-16(13-5-6-13)17(21)23-10-12-3-4-12/h7,9,12-13,22H,3-6,8,10-11H2,1-2H3. The molecule has 0 unspecified atom stereocenters. The van der Waals surface area contributed by atoms with E-state index in [1.165, 1.54) is 25.7 Å². The zero-order valence-corrected chi connectivity index (χ0v) is 14.4. The van der Waals surface area contributed by atoms with Crippen molar-refractivity contribution in [2.75, 3.05) is 24.7 Å². The van der Waals surface area contributed by atoms with E-state index in [4.69, 9.17) is 9.26 Å². The number of hydrogen-bond donors (Lipinski definition) is 1. The fourth-order valence-corrected chi connectivity index (χ4v) is 2.75. The van der Waals surface area contributed by atoms with Gasteiger partial charge in [-0.05, 0) is 31.6 Å². The van der Waals surface area contributed by atoms with Crippen LogP contribution in [0.15, 0.2) is 27.2 Å². The molecule has 1 aromatic rings. The molecule has 24 heavy (non-hydrogen) atoms. The van der Waals surface area contributed by atoms with Gasteiger partial charge < -0.3 is 14.4 Å². The molecule has 1 N–H and O–H groups in total. The molecule has 0 aromatic carbocycles. The van der Waals surface area contributed by atoms with Crippen LogP contribution in [0.4, 0.5) is 5.88 Å². The Morgan fingerprint density at radius 1 is 1.33 bits per heavy atom. The Morgan fingerprint density at radius 3 is 2.79 bits per heavy atom. The van der Waals surface area contributed by atoms with Crippen LogP contribution >= 0.6 is 0 Å². The molecule has 0 bridgehead atoms. The maximum Gasteiger partial charge on any atom is 0.234 e. The van der Waals surface area contributed by atoms with Crippen molar-refractivity contribution in [1.82, 2.24) is 5.16 Å². The predicted octanol–water partition coefficient (Wildman–Crippen LogP) is 2.84. The number of aromatic nitrogens is 1. The summed E-state index contributed by atoms with van der Waals surface area (Å²) in [5.41, 5.74) is 1.36. The molecular formula is C18H25N3O3. The first-order valence-electron chi connectivity index (χ1n) is 8.83. The largest absolute Gasteiger partial charge is 0.477 e. The molecule has 6 heteroatoms. The van der Waals surface area contributed by atoms with E-state index in [-0.39, 0.29) is 6.61 Å². The molecule has 2 aliphatic carbocycles. The van der Waals surface area contributed by atoms with Gasteiger partial charge in [0.05, 0.1) is 25.5 Å². The quantitative estimate of drug-likeness (QED) is 0.832. The van der Waals surface area contributed by atoms with Gasteiger partial charge >= 0.3 is 0 Å². The number of aliphatic hydroxyl groups excluding tert-OH is 1. The molecule has 0 amide bonds. The highest BCUT2D eigenvalue weighted by Gasteiger charge is 2.36. The van der Waals surface area contributed by atoms with Crippen LogP contribution in [0.5, 0.6) is 0 Å². The second-order valence-electron chi connectivity index (χ2n) is 7.73. The van der Waals surface area contributed by atoms with Crippen LogP contribution < -0.4 is 4.90 Å². The lowest BCUT2D eigenvalue weighted by molar-refractivity contribution is 0.183. The summed E-state index contributed by atoms with van der Waals surface area (Å²) in [4.78, 5) is 6.63. The smallest absolute Gasteiger partial charge is 0.234 e. The van der Waals surface area contributed by atoms with Crippen LogP contribution in [0.1, 0.15) is 45.2 Å². The van der Waals surface area contributed by atoms with Crippen LogP contribution in [0.25, 0.3) is 0 Å². The molecular weight excluding hydrogens is 306 g/mol. The second kappa shape index (κ2) is 5.92. The zero-order valence-electron chi connectivity index (χ0n) is 14.4. The summed E-state index contributed by atoms with van der Waals surface area (Å²) in [6.07, 6.45) is 6.78. The molecule has 0 atom stereocenters. The van der Waals surface area contributed by atoms with Crippen molar-refractivity contribution in [2.45, 2.75) is 44.9 Å². The molecule has 1 aromatic heterocycles. The Labute approximate surface area is 142 Å². The number of allylic oxidation sites excluding steroid dienone is 1. The topological polar surface area (TPSA) is 71.1 Å². The maximum atomic E-state index is 9.54. The van der Waals surface area contributed by atoms with E-state index in [0.717, 1.165) is 23.9 Å². The van der Waals surface area contributed by atoms with Gasteiger partial charge in [-0.3, -0.25) is 9.89 Å². The van der Waals surface area contributed by atoms with Crippen molar-refractivity contribution < 1.29 is 14.4 Å². The Morgan fingerprint density at radius 2 is 2.12 bits per heavy atom. The van der Waals surface area contributed by atoms with Gasteiger partial charge in [0.2, 0.25) is 11.8 Å². The Hall–Kier alpha value is -1.82. The van der Waals surface area contributed by atoms with Gasteiger partial charge in [0.15, 0.2) is 0 Å². The van der Waals surface area contributed by atoms with E-state index >= 15 is 0 Å². The summed E-state index contributed by atoms with van der Waals surface area (Å²) in [5, 5.41) is 13.7. The van der Waals surface area contributed by atoms with Gasteiger partial charge in [-0.2, -0.15) is 0 Å². The fraction of sp³-hybridized carbons (Fsp3) is 0.667. The van der Waals surface area contributed by atoms with Crippen LogP contribution in [0.2, 0.25) is 0 Å². The van der Waals surface area contributed by atoms with Crippen molar-refractivity contribution in [3.05, 3.63) is 23.3 Å². The van der Waals surface area contributed by atoms with E-state index in [2.05, 4.69) is 10.1 Å². The molecule has 4 rings (SSSR count). The highest BCUT2D eigenvalue weighted by molar-refractivity contribution is 5.70. The van der Waals surface area contributed by atoms with E-state index in [1.54, 1.807) is 0 Å². The summed E-state index contributed by atoms with van der Waals surface area (Å²) >= 11 is 0. The Kier molecular flexibility index (Phi) is 3.87. The first-order chi connectivity index (χ1) is 11.6.